The average molecular weight is 240 g/mol. The monoisotopic (exact) mass is 240 g/mol. The van der Waals surface area contributed by atoms with E-state index in [4.69, 9.17) is 0 Å². The minimum absolute atomic E-state index is 0.197. The van der Waals surface area contributed by atoms with Gasteiger partial charge < -0.3 is 10.4 Å². The zero-order chi connectivity index (χ0) is 12.1. The summed E-state index contributed by atoms with van der Waals surface area (Å²) in [6.07, 6.45) is 8.18. The molecule has 1 aliphatic carbocycles. The fourth-order valence-corrected chi connectivity index (χ4v) is 3.60. The highest BCUT2D eigenvalue weighted by Gasteiger charge is 2.33. The van der Waals surface area contributed by atoms with Gasteiger partial charge in [0.05, 0.1) is 6.10 Å². The van der Waals surface area contributed by atoms with E-state index in [0.29, 0.717) is 0 Å². The summed E-state index contributed by atoms with van der Waals surface area (Å²) in [6.45, 7) is 5.84. The summed E-state index contributed by atoms with van der Waals surface area (Å²) in [7, 11) is 0. The summed E-state index contributed by atoms with van der Waals surface area (Å²) < 4.78 is 0. The molecule has 2 unspecified atom stereocenters. The van der Waals surface area contributed by atoms with Gasteiger partial charge in [0.2, 0.25) is 0 Å². The molecule has 0 aromatic rings. The number of hydrogen-bond acceptors (Lipinski definition) is 3. The lowest BCUT2D eigenvalue weighted by atomic mass is 9.96. The summed E-state index contributed by atoms with van der Waals surface area (Å²) in [5.41, 5.74) is 0. The Kier molecular flexibility index (Phi) is 5.26. The SMILES string of the molecule is CCNCC(O)CN1CCCC1C1CCCC1. The van der Waals surface area contributed by atoms with Gasteiger partial charge in [0.1, 0.15) is 0 Å². The molecule has 2 N–H and O–H groups in total. The van der Waals surface area contributed by atoms with E-state index >= 15 is 0 Å². The van der Waals surface area contributed by atoms with Gasteiger partial charge >= 0.3 is 0 Å². The summed E-state index contributed by atoms with van der Waals surface area (Å²) in [5.74, 6) is 0.920. The average Bonchev–Trinajstić information content (AvgIpc) is 2.95. The summed E-state index contributed by atoms with van der Waals surface area (Å²) in [4.78, 5) is 2.55. The van der Waals surface area contributed by atoms with Gasteiger partial charge in [-0.05, 0) is 44.7 Å². The predicted octanol–water partition coefficient (Wildman–Crippen LogP) is 1.61. The van der Waals surface area contributed by atoms with Gasteiger partial charge in [-0.15, -0.1) is 0 Å². The first kappa shape index (κ1) is 13.3. The Labute approximate surface area is 106 Å². The molecule has 1 heterocycles. The number of nitrogens with one attached hydrogen (secondary N) is 1. The molecule has 3 nitrogen and oxygen atoms in total. The number of β-amino-alcohol motifs (C(OH)–C–C–N with tert-alkyl or cyclic N) is 1. The highest BCUT2D eigenvalue weighted by Crippen LogP contribution is 2.35. The van der Waals surface area contributed by atoms with Gasteiger partial charge in [0.15, 0.2) is 0 Å². The zero-order valence-electron chi connectivity index (χ0n) is 11.2. The Morgan fingerprint density at radius 1 is 1.24 bits per heavy atom. The van der Waals surface area contributed by atoms with Crippen molar-refractivity contribution in [3.63, 3.8) is 0 Å². The van der Waals surface area contributed by atoms with Crippen LogP contribution >= 0.6 is 0 Å². The van der Waals surface area contributed by atoms with E-state index in [1.54, 1.807) is 0 Å². The first-order chi connectivity index (χ1) is 8.31. The third kappa shape index (κ3) is 3.67. The number of nitrogens with zero attached hydrogens (tertiary/aromatic N) is 1. The number of aliphatic hydroxyl groups is 1. The minimum Gasteiger partial charge on any atom is -0.390 e. The molecule has 0 radical (unpaired) electrons. The van der Waals surface area contributed by atoms with Crippen LogP contribution in [0.25, 0.3) is 0 Å². The summed E-state index contributed by atoms with van der Waals surface area (Å²) in [5, 5.41) is 13.2. The van der Waals surface area contributed by atoms with Gasteiger partial charge in [0.25, 0.3) is 0 Å². The Bertz CT molecular complexity index is 216. The molecule has 3 heteroatoms. The molecule has 0 aromatic carbocycles. The molecule has 1 saturated carbocycles. The van der Waals surface area contributed by atoms with Crippen molar-refractivity contribution < 1.29 is 5.11 Å². The fraction of sp³-hybridized carbons (Fsp3) is 1.00. The van der Waals surface area contributed by atoms with Crippen molar-refractivity contribution in [3.05, 3.63) is 0 Å². The molecule has 2 fully saturated rings. The van der Waals surface area contributed by atoms with E-state index in [-0.39, 0.29) is 6.10 Å². The molecule has 17 heavy (non-hydrogen) atoms. The standard InChI is InChI=1S/C14H28N2O/c1-2-15-10-13(17)11-16-9-5-8-14(16)12-6-3-4-7-12/h12-15,17H,2-11H2,1H3. The number of likely N-dealkylation sites (tertiary alicyclic amines) is 1. The van der Waals surface area contributed by atoms with Crippen molar-refractivity contribution in [1.29, 1.82) is 0 Å². The van der Waals surface area contributed by atoms with Crippen molar-refractivity contribution in [2.75, 3.05) is 26.2 Å². The molecule has 2 rings (SSSR count). The largest absolute Gasteiger partial charge is 0.390 e. The molecular weight excluding hydrogens is 212 g/mol. The Hall–Kier alpha value is -0.120. The van der Waals surface area contributed by atoms with E-state index < -0.39 is 0 Å². The highest BCUT2D eigenvalue weighted by atomic mass is 16.3. The fourth-order valence-electron chi connectivity index (χ4n) is 3.60. The maximum atomic E-state index is 10.00. The molecule has 2 aliphatic rings. The van der Waals surface area contributed by atoms with Crippen molar-refractivity contribution in [1.82, 2.24) is 10.2 Å². The summed E-state index contributed by atoms with van der Waals surface area (Å²) >= 11 is 0. The van der Waals surface area contributed by atoms with Crippen LogP contribution in [-0.2, 0) is 0 Å². The van der Waals surface area contributed by atoms with Crippen molar-refractivity contribution in [2.45, 2.75) is 57.6 Å². The molecule has 0 bridgehead atoms. The van der Waals surface area contributed by atoms with E-state index in [1.165, 1.54) is 45.1 Å². The summed E-state index contributed by atoms with van der Waals surface area (Å²) in [6, 6.07) is 0.772. The van der Waals surface area contributed by atoms with Gasteiger partial charge in [-0.3, -0.25) is 4.90 Å². The van der Waals surface area contributed by atoms with Crippen LogP contribution in [0.2, 0.25) is 0 Å². The van der Waals surface area contributed by atoms with Gasteiger partial charge in [-0.25, -0.2) is 0 Å². The molecule has 0 aromatic heterocycles. The van der Waals surface area contributed by atoms with Gasteiger partial charge in [0, 0.05) is 19.1 Å². The molecule has 2 atom stereocenters. The number of hydrogen-bond donors (Lipinski definition) is 2. The van der Waals surface area contributed by atoms with E-state index in [2.05, 4.69) is 17.1 Å². The van der Waals surface area contributed by atoms with E-state index in [9.17, 15) is 5.11 Å². The van der Waals surface area contributed by atoms with Crippen LogP contribution < -0.4 is 5.32 Å². The Morgan fingerprint density at radius 2 is 2.00 bits per heavy atom. The van der Waals surface area contributed by atoms with Crippen LogP contribution in [0.1, 0.15) is 45.4 Å². The van der Waals surface area contributed by atoms with Crippen molar-refractivity contribution in [3.8, 4) is 0 Å². The lowest BCUT2D eigenvalue weighted by Crippen LogP contribution is -2.42. The van der Waals surface area contributed by atoms with Crippen molar-refractivity contribution in [2.24, 2.45) is 5.92 Å². The Balaban J connectivity index is 1.78. The topological polar surface area (TPSA) is 35.5 Å². The Morgan fingerprint density at radius 3 is 2.71 bits per heavy atom. The van der Waals surface area contributed by atoms with Crippen LogP contribution in [0.15, 0.2) is 0 Å². The smallest absolute Gasteiger partial charge is 0.0791 e. The number of rotatable bonds is 6. The van der Waals surface area contributed by atoms with Crippen LogP contribution in [-0.4, -0.2) is 48.3 Å². The molecule has 0 spiro atoms. The first-order valence-electron chi connectivity index (χ1n) is 7.44. The van der Waals surface area contributed by atoms with E-state index in [1.807, 2.05) is 0 Å². The molecule has 1 aliphatic heterocycles. The lowest BCUT2D eigenvalue weighted by Gasteiger charge is -2.31. The van der Waals surface area contributed by atoms with Crippen molar-refractivity contribution >= 4 is 0 Å². The lowest BCUT2D eigenvalue weighted by molar-refractivity contribution is 0.0891. The minimum atomic E-state index is -0.197. The maximum absolute atomic E-state index is 10.00. The zero-order valence-corrected chi connectivity index (χ0v) is 11.2. The third-order valence-electron chi connectivity index (χ3n) is 4.43. The third-order valence-corrected chi connectivity index (χ3v) is 4.43. The molecule has 100 valence electrons. The highest BCUT2D eigenvalue weighted by molar-refractivity contribution is 4.88. The second-order valence-electron chi connectivity index (χ2n) is 5.71. The van der Waals surface area contributed by atoms with Gasteiger partial charge in [-0.1, -0.05) is 19.8 Å². The predicted molar refractivity (Wildman–Crippen MR) is 71.1 cm³/mol. The normalized spacial score (nSPS) is 28.9. The molecule has 0 amide bonds. The second kappa shape index (κ2) is 6.72. The maximum Gasteiger partial charge on any atom is 0.0791 e. The van der Waals surface area contributed by atoms with Crippen LogP contribution in [0.3, 0.4) is 0 Å². The second-order valence-corrected chi connectivity index (χ2v) is 5.71. The van der Waals surface area contributed by atoms with Crippen LogP contribution in [0, 0.1) is 5.92 Å². The molecular formula is C14H28N2O. The van der Waals surface area contributed by atoms with Gasteiger partial charge in [-0.2, -0.15) is 0 Å². The van der Waals surface area contributed by atoms with Crippen LogP contribution in [0.5, 0.6) is 0 Å². The molecule has 1 saturated heterocycles. The van der Waals surface area contributed by atoms with E-state index in [0.717, 1.165) is 31.6 Å². The number of aliphatic hydroxyl groups excluding tert-OH is 1. The van der Waals surface area contributed by atoms with Crippen LogP contribution in [0.4, 0.5) is 0 Å². The first-order valence-corrected chi connectivity index (χ1v) is 7.44. The quantitative estimate of drug-likeness (QED) is 0.740. The number of likely N-dealkylation sites (N-methyl/N-ethyl adjacent to an activating group) is 1.